The lowest BCUT2D eigenvalue weighted by molar-refractivity contribution is 0.0933. The first-order chi connectivity index (χ1) is 16.4. The van der Waals surface area contributed by atoms with Gasteiger partial charge in [-0.05, 0) is 43.4 Å². The molecule has 1 aliphatic carbocycles. The maximum Gasteiger partial charge on any atom is 0.274 e. The molecule has 2 N–H and O–H groups in total. The van der Waals surface area contributed by atoms with Gasteiger partial charge in [-0.2, -0.15) is 5.10 Å². The molecule has 1 aliphatic rings. The van der Waals surface area contributed by atoms with Crippen LogP contribution in [-0.2, 0) is 0 Å². The number of ether oxygens (including phenoxy) is 1. The number of fused-ring (bicyclic) bond motifs is 1. The zero-order valence-electron chi connectivity index (χ0n) is 18.4. The number of nitrogens with one attached hydrogen (secondary N) is 2. The third-order valence-corrected chi connectivity index (χ3v) is 6.22. The van der Waals surface area contributed by atoms with E-state index in [4.69, 9.17) is 16.3 Å². The summed E-state index contributed by atoms with van der Waals surface area (Å²) in [6.07, 6.45) is 4.97. The average Bonchev–Trinajstić information content (AvgIpc) is 3.60. The van der Waals surface area contributed by atoms with Gasteiger partial charge in [0.05, 0.1) is 30.1 Å². The number of aromatic nitrogens is 4. The second-order valence-corrected chi connectivity index (χ2v) is 8.69. The van der Waals surface area contributed by atoms with Crippen molar-refractivity contribution in [3.63, 3.8) is 0 Å². The normalized spacial score (nSPS) is 14.2. The van der Waals surface area contributed by atoms with Crippen LogP contribution in [0.4, 0.5) is 4.39 Å². The van der Waals surface area contributed by atoms with E-state index < -0.39 is 11.4 Å². The van der Waals surface area contributed by atoms with Gasteiger partial charge < -0.3 is 15.0 Å². The highest BCUT2D eigenvalue weighted by molar-refractivity contribution is 6.30. The Morgan fingerprint density at radius 1 is 1.32 bits per heavy atom. The number of rotatable bonds is 6. The Kier molecular flexibility index (Phi) is 5.57. The molecule has 0 saturated heterocycles. The maximum absolute atomic E-state index is 14.0. The predicted octanol–water partition coefficient (Wildman–Crippen LogP) is 4.25. The first kappa shape index (κ1) is 22.1. The lowest BCUT2D eigenvalue weighted by Crippen LogP contribution is -2.28. The van der Waals surface area contributed by atoms with Gasteiger partial charge in [0.1, 0.15) is 11.3 Å². The highest BCUT2D eigenvalue weighted by atomic mass is 35.5. The lowest BCUT2D eigenvalue weighted by atomic mass is 10.1. The molecule has 1 saturated carbocycles. The number of H-pyrrole nitrogens is 1. The number of amides is 1. The molecule has 0 bridgehead atoms. The molecule has 4 aromatic rings. The third-order valence-electron chi connectivity index (χ3n) is 5.91. The van der Waals surface area contributed by atoms with Crippen molar-refractivity contribution in [2.75, 3.05) is 7.11 Å². The topological polar surface area (TPSA) is 101 Å². The van der Waals surface area contributed by atoms with Crippen molar-refractivity contribution in [1.29, 1.82) is 0 Å². The van der Waals surface area contributed by atoms with Crippen molar-refractivity contribution in [3.05, 3.63) is 80.7 Å². The zero-order chi connectivity index (χ0) is 24.0. The second-order valence-electron chi connectivity index (χ2n) is 8.28. The summed E-state index contributed by atoms with van der Waals surface area (Å²) in [5, 5.41) is 7.39. The largest absolute Gasteiger partial charge is 0.481 e. The first-order valence-corrected chi connectivity index (χ1v) is 11.1. The van der Waals surface area contributed by atoms with Crippen LogP contribution in [-0.4, -0.2) is 32.6 Å². The van der Waals surface area contributed by atoms with E-state index in [0.717, 1.165) is 18.4 Å². The van der Waals surface area contributed by atoms with Crippen LogP contribution >= 0.6 is 11.6 Å². The van der Waals surface area contributed by atoms with Crippen molar-refractivity contribution >= 4 is 23.0 Å². The smallest absolute Gasteiger partial charge is 0.274 e. The summed E-state index contributed by atoms with van der Waals surface area (Å²) in [4.78, 5) is 33.2. The molecule has 34 heavy (non-hydrogen) atoms. The monoisotopic (exact) mass is 481 g/mol. The Morgan fingerprint density at radius 3 is 2.76 bits per heavy atom. The second kappa shape index (κ2) is 8.57. The number of hydrogen-bond acceptors (Lipinski definition) is 5. The van der Waals surface area contributed by atoms with Gasteiger partial charge in [-0.25, -0.2) is 13.9 Å². The third kappa shape index (κ3) is 4.03. The fraction of sp³-hybridized carbons (Fsp3) is 0.250. The van der Waals surface area contributed by atoms with E-state index in [1.54, 1.807) is 24.5 Å². The Bertz CT molecular complexity index is 1460. The number of halogens is 2. The van der Waals surface area contributed by atoms with Crippen LogP contribution in [0.5, 0.6) is 5.88 Å². The number of hydrogen-bond donors (Lipinski definition) is 2. The SMILES string of the molecule is COc1ccc([C@@H](C)NC(=O)c2nn3cc(-c4ccc(Cl)c(F)c4)[nH]c(=O)c3c2C2CC2)cn1. The van der Waals surface area contributed by atoms with Crippen LogP contribution in [0.2, 0.25) is 5.02 Å². The molecular weight excluding hydrogens is 461 g/mol. The summed E-state index contributed by atoms with van der Waals surface area (Å²) in [6, 6.07) is 7.47. The molecule has 10 heteroatoms. The van der Waals surface area contributed by atoms with Crippen LogP contribution in [0.25, 0.3) is 16.8 Å². The summed E-state index contributed by atoms with van der Waals surface area (Å²) in [7, 11) is 1.53. The van der Waals surface area contributed by atoms with E-state index in [9.17, 15) is 14.0 Å². The molecular formula is C24H21ClFN5O3. The minimum absolute atomic E-state index is 0.0116. The van der Waals surface area contributed by atoms with Crippen LogP contribution in [0.15, 0.2) is 47.5 Å². The van der Waals surface area contributed by atoms with Crippen LogP contribution in [0, 0.1) is 5.82 Å². The molecule has 0 radical (unpaired) electrons. The van der Waals surface area contributed by atoms with Crippen molar-refractivity contribution in [2.45, 2.75) is 31.7 Å². The summed E-state index contributed by atoms with van der Waals surface area (Å²) < 4.78 is 20.4. The van der Waals surface area contributed by atoms with E-state index in [0.29, 0.717) is 28.2 Å². The molecule has 0 aliphatic heterocycles. The fourth-order valence-corrected chi connectivity index (χ4v) is 4.07. The van der Waals surface area contributed by atoms with Crippen molar-refractivity contribution < 1.29 is 13.9 Å². The van der Waals surface area contributed by atoms with Crippen LogP contribution < -0.4 is 15.6 Å². The highest BCUT2D eigenvalue weighted by Crippen LogP contribution is 2.43. The summed E-state index contributed by atoms with van der Waals surface area (Å²) in [5.41, 5.74) is 2.38. The lowest BCUT2D eigenvalue weighted by Gasteiger charge is -2.14. The standard InChI is InChI=1S/C24H21ClFN5O3/c1-12(15-6-8-19(34-2)27-10-15)28-23(32)21-20(13-3-4-13)22-24(33)29-18(11-31(22)30-21)14-5-7-16(25)17(26)9-14/h5-13H,3-4H2,1-2H3,(H,28,32)(H,29,33)/t12-/m1/s1. The van der Waals surface area contributed by atoms with E-state index in [-0.39, 0.29) is 28.6 Å². The van der Waals surface area contributed by atoms with Crippen LogP contribution in [0.1, 0.15) is 53.3 Å². The Morgan fingerprint density at radius 2 is 2.12 bits per heavy atom. The number of nitrogens with zero attached hydrogens (tertiary/aromatic N) is 3. The maximum atomic E-state index is 14.0. The van der Waals surface area contributed by atoms with Gasteiger partial charge in [-0.3, -0.25) is 9.59 Å². The number of methoxy groups -OCH3 is 1. The summed E-state index contributed by atoms with van der Waals surface area (Å²) in [5.74, 6) is -0.404. The number of benzene rings is 1. The molecule has 174 valence electrons. The van der Waals surface area contributed by atoms with E-state index >= 15 is 0 Å². The van der Waals surface area contributed by atoms with E-state index in [2.05, 4.69) is 20.4 Å². The number of carbonyl (C=O) groups is 1. The molecule has 1 atom stereocenters. The fourth-order valence-electron chi connectivity index (χ4n) is 3.96. The van der Waals surface area contributed by atoms with Gasteiger partial charge in [0.25, 0.3) is 11.5 Å². The molecule has 1 amide bonds. The molecule has 1 aromatic carbocycles. The Hall–Kier alpha value is -3.72. The van der Waals surface area contributed by atoms with Crippen molar-refractivity contribution in [2.24, 2.45) is 0 Å². The Balaban J connectivity index is 1.52. The van der Waals surface area contributed by atoms with E-state index in [1.807, 2.05) is 13.0 Å². The molecule has 8 nitrogen and oxygen atoms in total. The highest BCUT2D eigenvalue weighted by Gasteiger charge is 2.34. The molecule has 0 unspecified atom stereocenters. The Labute approximate surface area is 198 Å². The van der Waals surface area contributed by atoms with Gasteiger partial charge in [0.2, 0.25) is 5.88 Å². The molecule has 1 fully saturated rings. The predicted molar refractivity (Wildman–Crippen MR) is 125 cm³/mol. The minimum atomic E-state index is -0.596. The quantitative estimate of drug-likeness (QED) is 0.428. The minimum Gasteiger partial charge on any atom is -0.481 e. The van der Waals surface area contributed by atoms with Crippen molar-refractivity contribution in [3.8, 4) is 17.1 Å². The van der Waals surface area contributed by atoms with Gasteiger partial charge in [0.15, 0.2) is 5.69 Å². The van der Waals surface area contributed by atoms with Crippen molar-refractivity contribution in [1.82, 2.24) is 24.9 Å². The number of pyridine rings is 1. The van der Waals surface area contributed by atoms with Gasteiger partial charge in [-0.1, -0.05) is 23.7 Å². The molecule has 3 aromatic heterocycles. The first-order valence-electron chi connectivity index (χ1n) is 10.8. The van der Waals surface area contributed by atoms with Crippen LogP contribution in [0.3, 0.4) is 0 Å². The average molecular weight is 482 g/mol. The number of aromatic amines is 1. The number of carbonyl (C=O) groups excluding carboxylic acids is 1. The molecule has 3 heterocycles. The zero-order valence-corrected chi connectivity index (χ0v) is 19.2. The van der Waals surface area contributed by atoms with Gasteiger partial charge in [-0.15, -0.1) is 0 Å². The molecule has 5 rings (SSSR count). The summed E-state index contributed by atoms with van der Waals surface area (Å²) in [6.45, 7) is 1.84. The molecule has 0 spiro atoms. The van der Waals surface area contributed by atoms with Gasteiger partial charge >= 0.3 is 0 Å². The summed E-state index contributed by atoms with van der Waals surface area (Å²) >= 11 is 5.78. The van der Waals surface area contributed by atoms with Gasteiger partial charge in [0, 0.05) is 23.4 Å². The van der Waals surface area contributed by atoms with E-state index in [1.165, 1.54) is 23.8 Å².